The van der Waals surface area contributed by atoms with Crippen molar-refractivity contribution in [1.82, 2.24) is 4.98 Å². The van der Waals surface area contributed by atoms with Crippen LogP contribution in [0.4, 0.5) is 5.13 Å². The third-order valence-corrected chi connectivity index (χ3v) is 4.77. The van der Waals surface area contributed by atoms with E-state index in [1.54, 1.807) is 0 Å². The molecule has 112 valence electrons. The van der Waals surface area contributed by atoms with Crippen LogP contribution in [-0.2, 0) is 20.7 Å². The zero-order valence-electron chi connectivity index (χ0n) is 12.4. The summed E-state index contributed by atoms with van der Waals surface area (Å²) < 4.78 is 10.4. The van der Waals surface area contributed by atoms with Crippen LogP contribution >= 0.6 is 11.3 Å². The van der Waals surface area contributed by atoms with E-state index in [2.05, 4.69) is 28.9 Å². The van der Waals surface area contributed by atoms with Crippen LogP contribution in [-0.4, -0.2) is 36.8 Å². The molecule has 5 nitrogen and oxygen atoms in total. The van der Waals surface area contributed by atoms with E-state index in [4.69, 9.17) is 4.74 Å². The maximum absolute atomic E-state index is 11.2. The van der Waals surface area contributed by atoms with Gasteiger partial charge in [-0.25, -0.2) is 4.98 Å². The van der Waals surface area contributed by atoms with Crippen molar-refractivity contribution in [2.45, 2.75) is 45.8 Å². The van der Waals surface area contributed by atoms with Gasteiger partial charge in [-0.15, -0.1) is 11.3 Å². The molecule has 2 rings (SSSR count). The van der Waals surface area contributed by atoms with Crippen molar-refractivity contribution in [1.29, 1.82) is 0 Å². The number of esters is 1. The van der Waals surface area contributed by atoms with Gasteiger partial charge in [0.05, 0.1) is 25.3 Å². The Morgan fingerprint density at radius 1 is 1.60 bits per heavy atom. The molecule has 1 aliphatic carbocycles. The molecule has 1 saturated carbocycles. The quantitative estimate of drug-likeness (QED) is 0.818. The molecule has 1 heterocycles. The van der Waals surface area contributed by atoms with Crippen molar-refractivity contribution in [2.24, 2.45) is 5.41 Å². The van der Waals surface area contributed by atoms with Gasteiger partial charge < -0.3 is 14.8 Å². The van der Waals surface area contributed by atoms with Crippen molar-refractivity contribution in [2.75, 3.05) is 19.0 Å². The molecule has 1 aromatic heterocycles. The molecule has 0 aliphatic heterocycles. The monoisotopic (exact) mass is 298 g/mol. The van der Waals surface area contributed by atoms with Crippen LogP contribution in [0.3, 0.4) is 0 Å². The Morgan fingerprint density at radius 2 is 2.35 bits per heavy atom. The molecule has 2 unspecified atom stereocenters. The highest BCUT2D eigenvalue weighted by atomic mass is 32.1. The molecule has 0 aromatic carbocycles. The van der Waals surface area contributed by atoms with E-state index in [0.29, 0.717) is 12.1 Å². The van der Waals surface area contributed by atoms with E-state index in [0.717, 1.165) is 23.9 Å². The molecule has 0 bridgehead atoms. The Kier molecular flexibility index (Phi) is 4.65. The van der Waals surface area contributed by atoms with Gasteiger partial charge in [-0.1, -0.05) is 13.8 Å². The maximum atomic E-state index is 11.2. The van der Waals surface area contributed by atoms with Gasteiger partial charge in [0.25, 0.3) is 0 Å². The highest BCUT2D eigenvalue weighted by Crippen LogP contribution is 2.44. The smallest absolute Gasteiger partial charge is 0.311 e. The number of methoxy groups -OCH3 is 1. The Balaban J connectivity index is 1.90. The first-order valence-electron chi connectivity index (χ1n) is 6.86. The molecule has 6 heteroatoms. The first-order chi connectivity index (χ1) is 9.47. The largest absolute Gasteiger partial charge is 0.469 e. The molecule has 20 heavy (non-hydrogen) atoms. The fourth-order valence-corrected chi connectivity index (χ4v) is 3.20. The number of carbonyl (C=O) groups excluding carboxylic acids is 1. The van der Waals surface area contributed by atoms with Crippen molar-refractivity contribution in [3.63, 3.8) is 0 Å². The van der Waals surface area contributed by atoms with E-state index >= 15 is 0 Å². The molecule has 1 fully saturated rings. The Labute approximate surface area is 123 Å². The van der Waals surface area contributed by atoms with Crippen molar-refractivity contribution >= 4 is 22.4 Å². The number of aromatic nitrogens is 1. The SMILES string of the molecule is CCOC1CC(Nc2nc(CC(=O)OC)cs2)C1(C)C. The predicted octanol–water partition coefficient (Wildman–Crippen LogP) is 2.47. The van der Waals surface area contributed by atoms with E-state index in [-0.39, 0.29) is 17.8 Å². The summed E-state index contributed by atoms with van der Waals surface area (Å²) in [6, 6.07) is 0.358. The van der Waals surface area contributed by atoms with Crippen molar-refractivity contribution in [3.05, 3.63) is 11.1 Å². The van der Waals surface area contributed by atoms with E-state index in [9.17, 15) is 4.79 Å². The Morgan fingerprint density at radius 3 is 2.95 bits per heavy atom. The Hall–Kier alpha value is -1.14. The van der Waals surface area contributed by atoms with Gasteiger partial charge in [0.2, 0.25) is 0 Å². The first-order valence-corrected chi connectivity index (χ1v) is 7.74. The number of ether oxygens (including phenoxy) is 2. The molecule has 1 aromatic rings. The van der Waals surface area contributed by atoms with Gasteiger partial charge in [-0.3, -0.25) is 4.79 Å². The summed E-state index contributed by atoms with van der Waals surface area (Å²) >= 11 is 1.52. The fourth-order valence-electron chi connectivity index (χ4n) is 2.44. The van der Waals surface area contributed by atoms with Gasteiger partial charge in [-0.05, 0) is 13.3 Å². The molecular formula is C14H22N2O3S. The minimum atomic E-state index is -0.262. The number of nitrogens with zero attached hydrogens (tertiary/aromatic N) is 1. The third kappa shape index (κ3) is 3.12. The molecular weight excluding hydrogens is 276 g/mol. The van der Waals surface area contributed by atoms with Crippen molar-refractivity contribution in [3.8, 4) is 0 Å². The summed E-state index contributed by atoms with van der Waals surface area (Å²) in [6.07, 6.45) is 1.52. The summed E-state index contributed by atoms with van der Waals surface area (Å²) in [5.41, 5.74) is 0.854. The van der Waals surface area contributed by atoms with Crippen LogP contribution in [0, 0.1) is 5.41 Å². The molecule has 2 atom stereocenters. The second-order valence-corrected chi connectivity index (χ2v) is 6.45. The standard InChI is InChI=1S/C14H22N2O3S/c1-5-19-11-7-10(14(11,2)3)16-13-15-9(8-20-13)6-12(17)18-4/h8,10-11H,5-7H2,1-4H3,(H,15,16). The highest BCUT2D eigenvalue weighted by Gasteiger charge is 2.49. The number of hydrogen-bond donors (Lipinski definition) is 1. The predicted molar refractivity (Wildman–Crippen MR) is 79.1 cm³/mol. The van der Waals surface area contributed by atoms with E-state index in [1.807, 2.05) is 12.3 Å². The fraction of sp³-hybridized carbons (Fsp3) is 0.714. The second-order valence-electron chi connectivity index (χ2n) is 5.59. The van der Waals surface area contributed by atoms with E-state index in [1.165, 1.54) is 18.4 Å². The summed E-state index contributed by atoms with van der Waals surface area (Å²) in [7, 11) is 1.39. The van der Waals surface area contributed by atoms with Crippen LogP contribution in [0.15, 0.2) is 5.38 Å². The number of anilines is 1. The van der Waals surface area contributed by atoms with Crippen LogP contribution in [0.2, 0.25) is 0 Å². The van der Waals surface area contributed by atoms with Gasteiger partial charge in [0.15, 0.2) is 5.13 Å². The van der Waals surface area contributed by atoms with Crippen LogP contribution in [0.25, 0.3) is 0 Å². The first kappa shape index (κ1) is 15.3. The minimum Gasteiger partial charge on any atom is -0.469 e. The lowest BCUT2D eigenvalue weighted by Gasteiger charge is -2.51. The topological polar surface area (TPSA) is 60.5 Å². The summed E-state index contributed by atoms with van der Waals surface area (Å²) in [5, 5.41) is 6.20. The average molecular weight is 298 g/mol. The average Bonchev–Trinajstić information content (AvgIpc) is 2.85. The molecule has 0 saturated heterocycles. The summed E-state index contributed by atoms with van der Waals surface area (Å²) in [4.78, 5) is 15.6. The number of rotatable bonds is 6. The normalized spacial score (nSPS) is 24.0. The number of hydrogen-bond acceptors (Lipinski definition) is 6. The van der Waals surface area contributed by atoms with Crippen LogP contribution in [0.5, 0.6) is 0 Å². The Bertz CT molecular complexity index is 473. The summed E-state index contributed by atoms with van der Waals surface area (Å²) in [5.74, 6) is -0.262. The molecule has 0 spiro atoms. The lowest BCUT2D eigenvalue weighted by molar-refractivity contribution is -0.139. The van der Waals surface area contributed by atoms with Crippen LogP contribution < -0.4 is 5.32 Å². The maximum Gasteiger partial charge on any atom is 0.311 e. The number of carbonyl (C=O) groups is 1. The third-order valence-electron chi connectivity index (χ3n) is 3.95. The highest BCUT2D eigenvalue weighted by molar-refractivity contribution is 7.13. The lowest BCUT2D eigenvalue weighted by atomic mass is 9.64. The van der Waals surface area contributed by atoms with Gasteiger partial charge in [-0.2, -0.15) is 0 Å². The molecule has 0 radical (unpaired) electrons. The summed E-state index contributed by atoms with van der Waals surface area (Å²) in [6.45, 7) is 7.19. The lowest BCUT2D eigenvalue weighted by Crippen LogP contribution is -2.58. The molecule has 1 N–H and O–H groups in total. The van der Waals surface area contributed by atoms with Gasteiger partial charge in [0.1, 0.15) is 0 Å². The van der Waals surface area contributed by atoms with Crippen LogP contribution in [0.1, 0.15) is 32.9 Å². The second kappa shape index (κ2) is 6.10. The van der Waals surface area contributed by atoms with Crippen molar-refractivity contribution < 1.29 is 14.3 Å². The van der Waals surface area contributed by atoms with Gasteiger partial charge >= 0.3 is 5.97 Å². The number of thiazole rings is 1. The molecule has 1 aliphatic rings. The van der Waals surface area contributed by atoms with Gasteiger partial charge in [0, 0.05) is 23.4 Å². The molecule has 0 amide bonds. The van der Waals surface area contributed by atoms with E-state index < -0.39 is 0 Å². The number of nitrogens with one attached hydrogen (secondary N) is 1. The zero-order valence-corrected chi connectivity index (χ0v) is 13.3. The zero-order chi connectivity index (χ0) is 14.8. The minimum absolute atomic E-state index is 0.101.